The molecule has 2 rings (SSSR count). The Kier molecular flexibility index (Phi) is 7.84. The maximum atomic E-state index is 12.1. The zero-order chi connectivity index (χ0) is 18.1. The number of nitrogens with two attached hydrogens (primary N) is 1. The van der Waals surface area contributed by atoms with E-state index in [9.17, 15) is 9.59 Å². The van der Waals surface area contributed by atoms with E-state index in [2.05, 4.69) is 15.5 Å². The van der Waals surface area contributed by atoms with E-state index < -0.39 is 0 Å². The number of amides is 2. The Morgan fingerprint density at radius 2 is 1.92 bits per heavy atom. The standard InChI is InChI=1S/C18H28N4O3/c1-25-16(12-19)11-17(23)20-15-7-9-22(10-8-15)13-18(24)21-14-5-3-2-4-6-14/h2-6,15-16H,7-13,19H2,1H3,(H,20,23)(H,21,24). The summed E-state index contributed by atoms with van der Waals surface area (Å²) < 4.78 is 5.13. The van der Waals surface area contributed by atoms with Crippen LogP contribution in [0.3, 0.4) is 0 Å². The van der Waals surface area contributed by atoms with E-state index in [0.717, 1.165) is 31.6 Å². The van der Waals surface area contributed by atoms with Crippen molar-refractivity contribution in [3.05, 3.63) is 30.3 Å². The third-order valence-electron chi connectivity index (χ3n) is 4.39. The molecular weight excluding hydrogens is 320 g/mol. The number of carbonyl (C=O) groups is 2. The molecule has 0 bridgehead atoms. The molecule has 25 heavy (non-hydrogen) atoms. The average Bonchev–Trinajstić information content (AvgIpc) is 2.62. The molecule has 1 fully saturated rings. The van der Waals surface area contributed by atoms with Crippen molar-refractivity contribution >= 4 is 17.5 Å². The van der Waals surface area contributed by atoms with Gasteiger partial charge in [0.2, 0.25) is 11.8 Å². The molecule has 0 radical (unpaired) electrons. The van der Waals surface area contributed by atoms with Gasteiger partial charge in [-0.15, -0.1) is 0 Å². The molecule has 1 aliphatic heterocycles. The first-order valence-corrected chi connectivity index (χ1v) is 8.70. The molecule has 0 aromatic heterocycles. The lowest BCUT2D eigenvalue weighted by molar-refractivity contribution is -0.124. The Morgan fingerprint density at radius 3 is 2.52 bits per heavy atom. The Hall–Kier alpha value is -1.96. The molecule has 1 unspecified atom stereocenters. The molecule has 7 heteroatoms. The van der Waals surface area contributed by atoms with E-state index in [1.54, 1.807) is 7.11 Å². The summed E-state index contributed by atoms with van der Waals surface area (Å²) in [5, 5.41) is 5.92. The summed E-state index contributed by atoms with van der Waals surface area (Å²) in [6.07, 6.45) is 1.73. The second kappa shape index (κ2) is 10.1. The van der Waals surface area contributed by atoms with Crippen molar-refractivity contribution in [1.29, 1.82) is 0 Å². The predicted octanol–water partition coefficient (Wildman–Crippen LogP) is 0.570. The van der Waals surface area contributed by atoms with Gasteiger partial charge in [-0.3, -0.25) is 14.5 Å². The lowest BCUT2D eigenvalue weighted by Crippen LogP contribution is -2.47. The quantitative estimate of drug-likeness (QED) is 0.638. The number of anilines is 1. The minimum absolute atomic E-state index is 0.0143. The van der Waals surface area contributed by atoms with E-state index in [1.165, 1.54) is 0 Å². The van der Waals surface area contributed by atoms with Crippen LogP contribution in [-0.4, -0.2) is 62.1 Å². The van der Waals surface area contributed by atoms with Gasteiger partial charge in [-0.05, 0) is 25.0 Å². The smallest absolute Gasteiger partial charge is 0.238 e. The second-order valence-electron chi connectivity index (χ2n) is 6.33. The summed E-state index contributed by atoms with van der Waals surface area (Å²) >= 11 is 0. The summed E-state index contributed by atoms with van der Waals surface area (Å²) in [5.41, 5.74) is 6.34. The number of rotatable bonds is 8. The van der Waals surface area contributed by atoms with Crippen LogP contribution >= 0.6 is 0 Å². The fourth-order valence-electron chi connectivity index (χ4n) is 2.92. The zero-order valence-electron chi connectivity index (χ0n) is 14.7. The molecule has 4 N–H and O–H groups in total. The molecule has 1 saturated heterocycles. The van der Waals surface area contributed by atoms with Crippen molar-refractivity contribution in [2.75, 3.05) is 38.6 Å². The number of piperidine rings is 1. The van der Waals surface area contributed by atoms with E-state index in [0.29, 0.717) is 13.1 Å². The fourth-order valence-corrected chi connectivity index (χ4v) is 2.92. The van der Waals surface area contributed by atoms with Crippen molar-refractivity contribution < 1.29 is 14.3 Å². The van der Waals surface area contributed by atoms with Crippen molar-refractivity contribution in [2.45, 2.75) is 31.4 Å². The Morgan fingerprint density at radius 1 is 1.24 bits per heavy atom. The summed E-state index contributed by atoms with van der Waals surface area (Å²) in [6, 6.07) is 9.58. The SMILES string of the molecule is COC(CN)CC(=O)NC1CCN(CC(=O)Nc2ccccc2)CC1. The Balaban J connectivity index is 1.67. The minimum Gasteiger partial charge on any atom is -0.380 e. The van der Waals surface area contributed by atoms with Gasteiger partial charge in [0, 0.05) is 38.5 Å². The van der Waals surface area contributed by atoms with Gasteiger partial charge >= 0.3 is 0 Å². The zero-order valence-corrected chi connectivity index (χ0v) is 14.7. The number of likely N-dealkylation sites (tertiary alicyclic amines) is 1. The minimum atomic E-state index is -0.234. The van der Waals surface area contributed by atoms with Crippen molar-refractivity contribution in [3.8, 4) is 0 Å². The first kappa shape index (κ1) is 19.4. The summed E-state index contributed by atoms with van der Waals surface area (Å²) in [6.45, 7) is 2.28. The normalized spacial score (nSPS) is 17.0. The maximum Gasteiger partial charge on any atom is 0.238 e. The highest BCUT2D eigenvalue weighted by atomic mass is 16.5. The van der Waals surface area contributed by atoms with Crippen LogP contribution in [0.1, 0.15) is 19.3 Å². The topological polar surface area (TPSA) is 96.7 Å². The van der Waals surface area contributed by atoms with Crippen LogP contribution in [0.4, 0.5) is 5.69 Å². The molecule has 1 heterocycles. The first-order chi connectivity index (χ1) is 12.1. The van der Waals surface area contributed by atoms with E-state index in [1.807, 2.05) is 30.3 Å². The molecule has 1 aromatic carbocycles. The van der Waals surface area contributed by atoms with Crippen LogP contribution in [0.5, 0.6) is 0 Å². The molecule has 1 atom stereocenters. The van der Waals surface area contributed by atoms with Crippen molar-refractivity contribution in [2.24, 2.45) is 5.73 Å². The van der Waals surface area contributed by atoms with Gasteiger partial charge in [0.1, 0.15) is 0 Å². The number of hydrogen-bond acceptors (Lipinski definition) is 5. The van der Waals surface area contributed by atoms with Crippen LogP contribution in [0.2, 0.25) is 0 Å². The first-order valence-electron chi connectivity index (χ1n) is 8.70. The van der Waals surface area contributed by atoms with Crippen molar-refractivity contribution in [1.82, 2.24) is 10.2 Å². The second-order valence-corrected chi connectivity index (χ2v) is 6.33. The van der Waals surface area contributed by atoms with Gasteiger partial charge in [-0.2, -0.15) is 0 Å². The number of benzene rings is 1. The third-order valence-corrected chi connectivity index (χ3v) is 4.39. The van der Waals surface area contributed by atoms with E-state index in [-0.39, 0.29) is 30.4 Å². The average molecular weight is 348 g/mol. The number of nitrogens with one attached hydrogen (secondary N) is 2. The van der Waals surface area contributed by atoms with Gasteiger partial charge in [0.15, 0.2) is 0 Å². The van der Waals surface area contributed by atoms with E-state index >= 15 is 0 Å². The van der Waals surface area contributed by atoms with Crippen LogP contribution in [0.25, 0.3) is 0 Å². The summed E-state index contributed by atoms with van der Waals surface area (Å²) in [4.78, 5) is 26.2. The maximum absolute atomic E-state index is 12.1. The van der Waals surface area contributed by atoms with Crippen LogP contribution in [0.15, 0.2) is 30.3 Å². The molecule has 138 valence electrons. The third kappa shape index (κ3) is 6.81. The number of nitrogens with zero attached hydrogens (tertiary/aromatic N) is 1. The van der Waals surface area contributed by atoms with Crippen LogP contribution in [0, 0.1) is 0 Å². The highest BCUT2D eigenvalue weighted by Crippen LogP contribution is 2.11. The Labute approximate surface area is 148 Å². The molecule has 7 nitrogen and oxygen atoms in total. The molecule has 0 spiro atoms. The molecule has 1 aromatic rings. The van der Waals surface area contributed by atoms with Gasteiger partial charge in [-0.25, -0.2) is 0 Å². The van der Waals surface area contributed by atoms with Crippen LogP contribution in [-0.2, 0) is 14.3 Å². The highest BCUT2D eigenvalue weighted by Gasteiger charge is 2.23. The predicted molar refractivity (Wildman–Crippen MR) is 97.1 cm³/mol. The van der Waals surface area contributed by atoms with Gasteiger partial charge < -0.3 is 21.1 Å². The summed E-state index contributed by atoms with van der Waals surface area (Å²) in [5.74, 6) is -0.0443. The lowest BCUT2D eigenvalue weighted by Gasteiger charge is -2.32. The molecule has 0 aliphatic carbocycles. The lowest BCUT2D eigenvalue weighted by atomic mass is 10.0. The number of carbonyl (C=O) groups excluding carboxylic acids is 2. The highest BCUT2D eigenvalue weighted by molar-refractivity contribution is 5.92. The monoisotopic (exact) mass is 348 g/mol. The van der Waals surface area contributed by atoms with Gasteiger partial charge in [0.05, 0.1) is 19.1 Å². The number of hydrogen-bond donors (Lipinski definition) is 3. The van der Waals surface area contributed by atoms with Gasteiger partial charge in [0.25, 0.3) is 0 Å². The Bertz CT molecular complexity index is 541. The number of methoxy groups -OCH3 is 1. The molecule has 2 amide bonds. The number of ether oxygens (including phenoxy) is 1. The van der Waals surface area contributed by atoms with Gasteiger partial charge in [-0.1, -0.05) is 18.2 Å². The fraction of sp³-hybridized carbons (Fsp3) is 0.556. The number of para-hydroxylation sites is 1. The largest absolute Gasteiger partial charge is 0.380 e. The molecule has 1 aliphatic rings. The van der Waals surface area contributed by atoms with Crippen molar-refractivity contribution in [3.63, 3.8) is 0 Å². The summed E-state index contributed by atoms with van der Waals surface area (Å²) in [7, 11) is 1.56. The van der Waals surface area contributed by atoms with Crippen LogP contribution < -0.4 is 16.4 Å². The molecular formula is C18H28N4O3. The van der Waals surface area contributed by atoms with E-state index in [4.69, 9.17) is 10.5 Å². The molecule has 0 saturated carbocycles.